The lowest BCUT2D eigenvalue weighted by atomic mass is 10.3. The molecule has 0 radical (unpaired) electrons. The number of alkyl halides is 3. The van der Waals surface area contributed by atoms with Crippen LogP contribution in [0, 0.1) is 0 Å². The van der Waals surface area contributed by atoms with Gasteiger partial charge in [-0.25, -0.2) is 0 Å². The molecule has 0 spiro atoms. The van der Waals surface area contributed by atoms with E-state index in [9.17, 15) is 18.0 Å². The quantitative estimate of drug-likeness (QED) is 0.645. The maximum Gasteiger partial charge on any atom is 0.401 e. The lowest BCUT2D eigenvalue weighted by Crippen LogP contribution is -2.40. The van der Waals surface area contributed by atoms with Crippen LogP contribution in [0.25, 0.3) is 0 Å². The van der Waals surface area contributed by atoms with Gasteiger partial charge in [0.15, 0.2) is 0 Å². The first kappa shape index (κ1) is 16.2. The van der Waals surface area contributed by atoms with Crippen LogP contribution in [-0.2, 0) is 9.53 Å². The van der Waals surface area contributed by atoms with Gasteiger partial charge in [0.25, 0.3) is 0 Å². The number of carbonyl (C=O) groups excluding carboxylic acids is 1. The molecule has 1 amide bonds. The highest BCUT2D eigenvalue weighted by atomic mass is 19.4. The highest BCUT2D eigenvalue weighted by Crippen LogP contribution is 2.11. The molecule has 0 bridgehead atoms. The van der Waals surface area contributed by atoms with Crippen molar-refractivity contribution < 1.29 is 22.7 Å². The Balaban J connectivity index is 1.95. The molecule has 112 valence electrons. The van der Waals surface area contributed by atoms with Gasteiger partial charge < -0.3 is 15.4 Å². The molecular weight excluding hydrogens is 263 g/mol. The molecule has 5 nitrogen and oxygen atoms in total. The number of hydrogen-bond donors (Lipinski definition) is 2. The second-order valence-electron chi connectivity index (χ2n) is 4.38. The maximum atomic E-state index is 11.8. The van der Waals surface area contributed by atoms with Crippen LogP contribution < -0.4 is 10.6 Å². The summed E-state index contributed by atoms with van der Waals surface area (Å²) in [6.07, 6.45) is -3.50. The van der Waals surface area contributed by atoms with Crippen molar-refractivity contribution in [3.63, 3.8) is 0 Å². The van der Waals surface area contributed by atoms with E-state index in [1.165, 1.54) is 0 Å². The number of carbonyl (C=O) groups is 1. The Hall–Kier alpha value is -0.860. The van der Waals surface area contributed by atoms with Gasteiger partial charge in [0, 0.05) is 19.6 Å². The van der Waals surface area contributed by atoms with Gasteiger partial charge >= 0.3 is 6.18 Å². The van der Waals surface area contributed by atoms with Crippen molar-refractivity contribution in [2.75, 3.05) is 52.5 Å². The monoisotopic (exact) mass is 283 g/mol. The molecule has 0 atom stereocenters. The van der Waals surface area contributed by atoms with Crippen LogP contribution in [0.2, 0.25) is 0 Å². The standard InChI is InChI=1S/C11H20F3N3O2/c12-11(13,14)9-15-8-10(18)16-2-1-3-17-4-6-19-7-5-17/h15H,1-9H2,(H,16,18). The van der Waals surface area contributed by atoms with Crippen molar-refractivity contribution in [3.05, 3.63) is 0 Å². The van der Waals surface area contributed by atoms with Crippen LogP contribution in [0.15, 0.2) is 0 Å². The van der Waals surface area contributed by atoms with E-state index in [1.807, 2.05) is 0 Å². The highest BCUT2D eigenvalue weighted by molar-refractivity contribution is 5.77. The van der Waals surface area contributed by atoms with Crippen molar-refractivity contribution in [2.45, 2.75) is 12.6 Å². The smallest absolute Gasteiger partial charge is 0.379 e. The third-order valence-corrected chi connectivity index (χ3v) is 2.69. The number of nitrogens with zero attached hydrogens (tertiary/aromatic N) is 1. The van der Waals surface area contributed by atoms with Gasteiger partial charge in [0.2, 0.25) is 5.91 Å². The van der Waals surface area contributed by atoms with Gasteiger partial charge in [-0.2, -0.15) is 13.2 Å². The van der Waals surface area contributed by atoms with Gasteiger partial charge in [-0.3, -0.25) is 9.69 Å². The van der Waals surface area contributed by atoms with E-state index in [0.29, 0.717) is 6.54 Å². The molecule has 1 aliphatic heterocycles. The minimum absolute atomic E-state index is 0.308. The van der Waals surface area contributed by atoms with Crippen molar-refractivity contribution in [3.8, 4) is 0 Å². The molecule has 0 saturated carbocycles. The third kappa shape index (κ3) is 8.79. The predicted molar refractivity (Wildman–Crippen MR) is 63.8 cm³/mol. The zero-order valence-corrected chi connectivity index (χ0v) is 10.8. The summed E-state index contributed by atoms with van der Waals surface area (Å²) in [5, 5.41) is 4.63. The second kappa shape index (κ2) is 8.34. The summed E-state index contributed by atoms with van der Waals surface area (Å²) in [4.78, 5) is 13.4. The first-order chi connectivity index (χ1) is 8.97. The molecule has 0 aromatic carbocycles. The molecular formula is C11H20F3N3O2. The number of nitrogens with one attached hydrogen (secondary N) is 2. The van der Waals surface area contributed by atoms with Crippen LogP contribution in [0.1, 0.15) is 6.42 Å². The largest absolute Gasteiger partial charge is 0.401 e. The number of hydrogen-bond acceptors (Lipinski definition) is 4. The summed E-state index contributed by atoms with van der Waals surface area (Å²) < 4.78 is 40.6. The van der Waals surface area contributed by atoms with Crippen molar-refractivity contribution in [1.29, 1.82) is 0 Å². The van der Waals surface area contributed by atoms with Crippen molar-refractivity contribution in [1.82, 2.24) is 15.5 Å². The Bertz CT molecular complexity index is 268. The first-order valence-electron chi connectivity index (χ1n) is 6.31. The fourth-order valence-electron chi connectivity index (χ4n) is 1.74. The normalized spacial score (nSPS) is 17.4. The van der Waals surface area contributed by atoms with Crippen LogP contribution in [0.4, 0.5) is 13.2 Å². The summed E-state index contributed by atoms with van der Waals surface area (Å²) in [6, 6.07) is 0. The highest BCUT2D eigenvalue weighted by Gasteiger charge is 2.26. The van der Waals surface area contributed by atoms with E-state index in [4.69, 9.17) is 4.74 Å². The molecule has 1 aliphatic rings. The summed E-state index contributed by atoms with van der Waals surface area (Å²) in [5.74, 6) is -0.411. The Morgan fingerprint density at radius 2 is 1.95 bits per heavy atom. The fraction of sp³-hybridized carbons (Fsp3) is 0.909. The molecule has 2 N–H and O–H groups in total. The van der Waals surface area contributed by atoms with Crippen LogP contribution in [0.5, 0.6) is 0 Å². The lowest BCUT2D eigenvalue weighted by molar-refractivity contribution is -0.128. The first-order valence-corrected chi connectivity index (χ1v) is 6.31. The number of rotatable bonds is 7. The fourth-order valence-corrected chi connectivity index (χ4v) is 1.74. The van der Waals surface area contributed by atoms with E-state index in [1.54, 1.807) is 0 Å². The molecule has 1 rings (SSSR count). The summed E-state index contributed by atoms with van der Waals surface area (Å²) in [5.41, 5.74) is 0. The van der Waals surface area contributed by atoms with E-state index < -0.39 is 18.6 Å². The van der Waals surface area contributed by atoms with E-state index in [2.05, 4.69) is 15.5 Å². The summed E-state index contributed by atoms with van der Waals surface area (Å²) in [6.45, 7) is 3.12. The maximum absolute atomic E-state index is 11.8. The van der Waals surface area contributed by atoms with Gasteiger partial charge in [-0.1, -0.05) is 0 Å². The topological polar surface area (TPSA) is 53.6 Å². The molecule has 0 unspecified atom stereocenters. The average Bonchev–Trinajstić information content (AvgIpc) is 2.34. The van der Waals surface area contributed by atoms with E-state index >= 15 is 0 Å². The summed E-state index contributed by atoms with van der Waals surface area (Å²) >= 11 is 0. The summed E-state index contributed by atoms with van der Waals surface area (Å²) in [7, 11) is 0. The van der Waals surface area contributed by atoms with Gasteiger partial charge in [0.05, 0.1) is 26.3 Å². The second-order valence-corrected chi connectivity index (χ2v) is 4.38. The number of halogens is 3. The number of morpholine rings is 1. The molecule has 1 heterocycles. The molecule has 0 aromatic rings. The van der Waals surface area contributed by atoms with Crippen molar-refractivity contribution in [2.24, 2.45) is 0 Å². The molecule has 1 saturated heterocycles. The molecule has 8 heteroatoms. The SMILES string of the molecule is O=C(CNCC(F)(F)F)NCCCN1CCOCC1. The number of ether oxygens (including phenoxy) is 1. The Morgan fingerprint density at radius 3 is 2.58 bits per heavy atom. The zero-order valence-electron chi connectivity index (χ0n) is 10.8. The van der Waals surface area contributed by atoms with Crippen LogP contribution in [-0.4, -0.2) is 69.5 Å². The Morgan fingerprint density at radius 1 is 1.26 bits per heavy atom. The Labute approximate surface area is 110 Å². The third-order valence-electron chi connectivity index (χ3n) is 2.69. The van der Waals surface area contributed by atoms with Crippen molar-refractivity contribution >= 4 is 5.91 Å². The van der Waals surface area contributed by atoms with Gasteiger partial charge in [-0.05, 0) is 13.0 Å². The number of amides is 1. The molecule has 19 heavy (non-hydrogen) atoms. The molecule has 1 fully saturated rings. The Kier molecular flexibility index (Phi) is 7.11. The lowest BCUT2D eigenvalue weighted by Gasteiger charge is -2.26. The minimum Gasteiger partial charge on any atom is -0.379 e. The van der Waals surface area contributed by atoms with Gasteiger partial charge in [0.1, 0.15) is 0 Å². The molecule has 0 aliphatic carbocycles. The van der Waals surface area contributed by atoms with E-state index in [-0.39, 0.29) is 6.54 Å². The average molecular weight is 283 g/mol. The van der Waals surface area contributed by atoms with Crippen LogP contribution in [0.3, 0.4) is 0 Å². The van der Waals surface area contributed by atoms with Crippen LogP contribution >= 0.6 is 0 Å². The molecule has 0 aromatic heterocycles. The minimum atomic E-state index is -4.28. The zero-order chi connectivity index (χ0) is 14.1. The predicted octanol–water partition coefficient (Wildman–Crippen LogP) is -0.0232. The van der Waals surface area contributed by atoms with E-state index in [0.717, 1.165) is 39.3 Å². The van der Waals surface area contributed by atoms with Gasteiger partial charge in [-0.15, -0.1) is 0 Å².